The lowest BCUT2D eigenvalue weighted by Crippen LogP contribution is -2.20. The molecule has 2 N–H and O–H groups in total. The van der Waals surface area contributed by atoms with E-state index >= 15 is 0 Å². The molecule has 0 heterocycles. The number of phenols is 1. The van der Waals surface area contributed by atoms with Crippen LogP contribution in [0.2, 0.25) is 0 Å². The Balaban J connectivity index is 2.34. The minimum Gasteiger partial charge on any atom is -0.507 e. The van der Waals surface area contributed by atoms with Crippen LogP contribution in [-0.4, -0.2) is 16.2 Å². The molecule has 0 fully saturated rings. The van der Waals surface area contributed by atoms with Gasteiger partial charge in [-0.05, 0) is 22.4 Å². The van der Waals surface area contributed by atoms with Crippen LogP contribution in [0.5, 0.6) is 5.75 Å². The standard InChI is InChI=1S/C20H18O3/c1-20(2,14-9-4-3-5-10-14)16-12-13-8-6-7-11-15(13)17(18(16)21)19(22)23/h3-12,21H,1-2H3,(H,22,23). The van der Waals surface area contributed by atoms with Gasteiger partial charge in [-0.1, -0.05) is 68.4 Å². The molecule has 0 saturated heterocycles. The van der Waals surface area contributed by atoms with E-state index in [1.807, 2.05) is 62.4 Å². The van der Waals surface area contributed by atoms with E-state index < -0.39 is 11.4 Å². The summed E-state index contributed by atoms with van der Waals surface area (Å²) in [6.45, 7) is 3.97. The molecule has 0 saturated carbocycles. The van der Waals surface area contributed by atoms with Gasteiger partial charge in [0.1, 0.15) is 11.3 Å². The lowest BCUT2D eigenvalue weighted by molar-refractivity contribution is 0.0695. The van der Waals surface area contributed by atoms with Crippen LogP contribution in [0.3, 0.4) is 0 Å². The first-order chi connectivity index (χ1) is 10.9. The number of carboxylic acid groups (broad SMARTS) is 1. The zero-order valence-corrected chi connectivity index (χ0v) is 13.1. The average Bonchev–Trinajstić information content (AvgIpc) is 2.54. The topological polar surface area (TPSA) is 57.5 Å². The summed E-state index contributed by atoms with van der Waals surface area (Å²) in [5, 5.41) is 21.6. The summed E-state index contributed by atoms with van der Waals surface area (Å²) in [5.74, 6) is -1.28. The second kappa shape index (κ2) is 5.43. The number of aromatic carboxylic acids is 1. The Labute approximate surface area is 134 Å². The maximum Gasteiger partial charge on any atom is 0.340 e. The van der Waals surface area contributed by atoms with E-state index in [1.54, 1.807) is 12.1 Å². The lowest BCUT2D eigenvalue weighted by atomic mass is 9.76. The molecule has 0 bridgehead atoms. The number of fused-ring (bicyclic) bond motifs is 1. The Morgan fingerprint density at radius 3 is 2.22 bits per heavy atom. The van der Waals surface area contributed by atoms with Crippen molar-refractivity contribution in [2.45, 2.75) is 19.3 Å². The first-order valence-electron chi connectivity index (χ1n) is 7.47. The van der Waals surface area contributed by atoms with Crippen molar-refractivity contribution in [1.82, 2.24) is 0 Å². The first-order valence-corrected chi connectivity index (χ1v) is 7.47. The molecule has 0 amide bonds. The molecule has 3 heteroatoms. The Morgan fingerprint density at radius 2 is 1.57 bits per heavy atom. The van der Waals surface area contributed by atoms with Crippen LogP contribution >= 0.6 is 0 Å². The Bertz CT molecular complexity index is 880. The lowest BCUT2D eigenvalue weighted by Gasteiger charge is -2.28. The van der Waals surface area contributed by atoms with E-state index in [9.17, 15) is 15.0 Å². The Morgan fingerprint density at radius 1 is 0.957 bits per heavy atom. The molecular weight excluding hydrogens is 288 g/mol. The monoisotopic (exact) mass is 306 g/mol. The molecule has 0 aliphatic heterocycles. The summed E-state index contributed by atoms with van der Waals surface area (Å²) < 4.78 is 0. The van der Waals surface area contributed by atoms with E-state index in [0.717, 1.165) is 10.9 Å². The average molecular weight is 306 g/mol. The van der Waals surface area contributed by atoms with Crippen LogP contribution in [0.4, 0.5) is 0 Å². The van der Waals surface area contributed by atoms with E-state index in [4.69, 9.17) is 0 Å². The number of aromatic hydroxyl groups is 1. The second-order valence-electron chi connectivity index (χ2n) is 6.17. The summed E-state index contributed by atoms with van der Waals surface area (Å²) >= 11 is 0. The van der Waals surface area contributed by atoms with E-state index in [1.165, 1.54) is 0 Å². The molecule has 116 valence electrons. The third-order valence-electron chi connectivity index (χ3n) is 4.40. The number of carboxylic acids is 1. The van der Waals surface area contributed by atoms with Gasteiger partial charge in [0, 0.05) is 11.0 Å². The fourth-order valence-electron chi connectivity index (χ4n) is 3.04. The Kier molecular flexibility index (Phi) is 3.57. The van der Waals surface area contributed by atoms with Gasteiger partial charge >= 0.3 is 5.97 Å². The molecule has 0 radical (unpaired) electrons. The summed E-state index contributed by atoms with van der Waals surface area (Å²) in [6, 6.07) is 18.9. The van der Waals surface area contributed by atoms with Gasteiger partial charge in [-0.3, -0.25) is 0 Å². The van der Waals surface area contributed by atoms with Gasteiger partial charge in [-0.15, -0.1) is 0 Å². The van der Waals surface area contributed by atoms with Gasteiger partial charge in [0.05, 0.1) is 0 Å². The molecule has 23 heavy (non-hydrogen) atoms. The van der Waals surface area contributed by atoms with Gasteiger partial charge < -0.3 is 10.2 Å². The van der Waals surface area contributed by atoms with Crippen LogP contribution in [-0.2, 0) is 5.41 Å². The maximum absolute atomic E-state index is 11.7. The molecule has 3 aromatic carbocycles. The molecule has 0 aliphatic rings. The fourth-order valence-corrected chi connectivity index (χ4v) is 3.04. The highest BCUT2D eigenvalue weighted by Crippen LogP contribution is 2.41. The molecule has 0 spiro atoms. The molecular formula is C20H18O3. The molecule has 3 rings (SSSR count). The molecule has 3 aromatic rings. The first kappa shape index (κ1) is 15.1. The largest absolute Gasteiger partial charge is 0.507 e. The highest BCUT2D eigenvalue weighted by Gasteiger charge is 2.30. The van der Waals surface area contributed by atoms with Crippen LogP contribution in [0.25, 0.3) is 10.8 Å². The summed E-state index contributed by atoms with van der Waals surface area (Å²) in [4.78, 5) is 11.7. The molecule has 3 nitrogen and oxygen atoms in total. The summed E-state index contributed by atoms with van der Waals surface area (Å²) in [6.07, 6.45) is 0. The predicted molar refractivity (Wildman–Crippen MR) is 91.1 cm³/mol. The summed E-state index contributed by atoms with van der Waals surface area (Å²) in [5.41, 5.74) is 1.07. The van der Waals surface area contributed by atoms with Gasteiger partial charge in [-0.25, -0.2) is 4.79 Å². The smallest absolute Gasteiger partial charge is 0.340 e. The normalized spacial score (nSPS) is 11.6. The third-order valence-corrected chi connectivity index (χ3v) is 4.40. The number of benzene rings is 3. The number of carbonyl (C=O) groups is 1. The maximum atomic E-state index is 11.7. The van der Waals surface area contributed by atoms with Crippen molar-refractivity contribution >= 4 is 16.7 Å². The zero-order valence-electron chi connectivity index (χ0n) is 13.1. The highest BCUT2D eigenvalue weighted by molar-refractivity contribution is 6.07. The number of hydrogen-bond acceptors (Lipinski definition) is 2. The SMILES string of the molecule is CC(C)(c1ccccc1)c1cc2ccccc2c(C(=O)O)c1O. The van der Waals surface area contributed by atoms with E-state index in [2.05, 4.69) is 0 Å². The zero-order chi connectivity index (χ0) is 16.6. The van der Waals surface area contributed by atoms with Gasteiger partial charge in [0.15, 0.2) is 0 Å². The van der Waals surface area contributed by atoms with Gasteiger partial charge in [0.25, 0.3) is 0 Å². The predicted octanol–water partition coefficient (Wildman–Crippen LogP) is 4.57. The molecule has 0 aromatic heterocycles. The van der Waals surface area contributed by atoms with Gasteiger partial charge in [-0.2, -0.15) is 0 Å². The molecule has 0 unspecified atom stereocenters. The van der Waals surface area contributed by atoms with Crippen molar-refractivity contribution in [3.8, 4) is 5.75 Å². The van der Waals surface area contributed by atoms with E-state index in [0.29, 0.717) is 10.9 Å². The number of rotatable bonds is 3. The second-order valence-corrected chi connectivity index (χ2v) is 6.17. The van der Waals surface area contributed by atoms with E-state index in [-0.39, 0.29) is 11.3 Å². The van der Waals surface area contributed by atoms with Crippen LogP contribution < -0.4 is 0 Å². The Hall–Kier alpha value is -2.81. The van der Waals surface area contributed by atoms with Crippen molar-refractivity contribution in [3.05, 3.63) is 77.4 Å². The number of hydrogen-bond donors (Lipinski definition) is 2. The van der Waals surface area contributed by atoms with Crippen LogP contribution in [0, 0.1) is 0 Å². The van der Waals surface area contributed by atoms with Crippen molar-refractivity contribution in [1.29, 1.82) is 0 Å². The van der Waals surface area contributed by atoms with Crippen molar-refractivity contribution in [2.24, 2.45) is 0 Å². The quantitative estimate of drug-likeness (QED) is 0.745. The van der Waals surface area contributed by atoms with Crippen molar-refractivity contribution in [3.63, 3.8) is 0 Å². The van der Waals surface area contributed by atoms with Crippen LogP contribution in [0.1, 0.15) is 35.3 Å². The third kappa shape index (κ3) is 2.44. The van der Waals surface area contributed by atoms with Crippen molar-refractivity contribution < 1.29 is 15.0 Å². The molecule has 0 atom stereocenters. The summed E-state index contributed by atoms with van der Waals surface area (Å²) in [7, 11) is 0. The molecule has 0 aliphatic carbocycles. The minimum atomic E-state index is -1.12. The highest BCUT2D eigenvalue weighted by atomic mass is 16.4. The fraction of sp³-hybridized carbons (Fsp3) is 0.150. The minimum absolute atomic E-state index is 0.0397. The van der Waals surface area contributed by atoms with Gasteiger partial charge in [0.2, 0.25) is 0 Å². The van der Waals surface area contributed by atoms with Crippen LogP contribution in [0.15, 0.2) is 60.7 Å². The van der Waals surface area contributed by atoms with Crippen molar-refractivity contribution in [2.75, 3.05) is 0 Å².